The Balaban J connectivity index is 1.85. The molecule has 6 nitrogen and oxygen atoms in total. The lowest BCUT2D eigenvalue weighted by atomic mass is 9.77. The molecule has 0 aromatic heterocycles. The third kappa shape index (κ3) is 4.17. The summed E-state index contributed by atoms with van der Waals surface area (Å²) in [7, 11) is 0. The first-order valence-electron chi connectivity index (χ1n) is 7.91. The van der Waals surface area contributed by atoms with Crippen LogP contribution in [0.25, 0.3) is 0 Å². The lowest BCUT2D eigenvalue weighted by molar-refractivity contribution is -0.140. The van der Waals surface area contributed by atoms with E-state index >= 15 is 0 Å². The van der Waals surface area contributed by atoms with Crippen LogP contribution in [0, 0.1) is 11.8 Å². The van der Waals surface area contributed by atoms with Crippen LogP contribution < -0.4 is 11.1 Å². The first kappa shape index (κ1) is 16.2. The van der Waals surface area contributed by atoms with E-state index in [1.165, 1.54) is 0 Å². The number of nitrogens with one attached hydrogen (secondary N) is 1. The van der Waals surface area contributed by atoms with Crippen LogP contribution in [-0.4, -0.2) is 55.1 Å². The second kappa shape index (κ2) is 7.22. The Bertz CT molecular complexity index is 382. The van der Waals surface area contributed by atoms with Gasteiger partial charge in [0, 0.05) is 25.0 Å². The number of nitrogens with two attached hydrogens (primary N) is 1. The Morgan fingerprint density at radius 3 is 2.57 bits per heavy atom. The molecule has 1 aliphatic heterocycles. The lowest BCUT2D eigenvalue weighted by Gasteiger charge is -2.33. The predicted molar refractivity (Wildman–Crippen MR) is 79.5 cm³/mol. The van der Waals surface area contributed by atoms with E-state index in [-0.39, 0.29) is 29.7 Å². The molecule has 1 heterocycles. The number of carbonyl (C=O) groups excluding carboxylic acids is 2. The molecule has 4 atom stereocenters. The second-order valence-electron chi connectivity index (χ2n) is 6.32. The van der Waals surface area contributed by atoms with E-state index in [1.807, 2.05) is 0 Å². The van der Waals surface area contributed by atoms with E-state index in [0.717, 1.165) is 19.3 Å². The number of morpholine rings is 1. The van der Waals surface area contributed by atoms with Gasteiger partial charge in [-0.3, -0.25) is 9.59 Å². The van der Waals surface area contributed by atoms with E-state index in [9.17, 15) is 9.59 Å². The molecule has 120 valence electrons. The second-order valence-corrected chi connectivity index (χ2v) is 6.32. The van der Waals surface area contributed by atoms with Gasteiger partial charge in [-0.25, -0.2) is 0 Å². The summed E-state index contributed by atoms with van der Waals surface area (Å²) >= 11 is 0. The third-order valence-corrected chi connectivity index (χ3v) is 4.60. The van der Waals surface area contributed by atoms with E-state index in [2.05, 4.69) is 12.2 Å². The van der Waals surface area contributed by atoms with Crippen molar-refractivity contribution in [2.45, 2.75) is 45.2 Å². The number of hydrogen-bond acceptors (Lipinski definition) is 4. The largest absolute Gasteiger partial charge is 0.378 e. The Labute approximate surface area is 126 Å². The molecule has 0 aromatic rings. The van der Waals surface area contributed by atoms with Crippen LogP contribution >= 0.6 is 0 Å². The summed E-state index contributed by atoms with van der Waals surface area (Å²) < 4.78 is 5.24. The van der Waals surface area contributed by atoms with Crippen molar-refractivity contribution >= 4 is 11.8 Å². The highest BCUT2D eigenvalue weighted by Crippen LogP contribution is 2.29. The zero-order chi connectivity index (χ0) is 15.4. The smallest absolute Gasteiger partial charge is 0.245 e. The molecule has 2 rings (SSSR count). The highest BCUT2D eigenvalue weighted by molar-refractivity contribution is 5.88. The summed E-state index contributed by atoms with van der Waals surface area (Å²) in [5, 5.41) is 2.88. The summed E-state index contributed by atoms with van der Waals surface area (Å²) in [6.45, 7) is 6.18. The van der Waals surface area contributed by atoms with Crippen molar-refractivity contribution in [3.63, 3.8) is 0 Å². The molecule has 0 bridgehead atoms. The number of rotatable bonds is 3. The fourth-order valence-corrected chi connectivity index (χ4v) is 3.27. The zero-order valence-corrected chi connectivity index (χ0v) is 13.0. The predicted octanol–water partition coefficient (Wildman–Crippen LogP) is 0.113. The maximum absolute atomic E-state index is 12.4. The SMILES string of the molecule is CC(NC(=O)C1CCC(N)CC1C)C(=O)N1CCOCC1. The summed E-state index contributed by atoms with van der Waals surface area (Å²) in [5.74, 6) is 0.222. The number of nitrogens with zero attached hydrogens (tertiary/aromatic N) is 1. The van der Waals surface area contributed by atoms with Crippen LogP contribution in [0.5, 0.6) is 0 Å². The normalized spacial score (nSPS) is 31.6. The number of amides is 2. The van der Waals surface area contributed by atoms with Crippen LogP contribution in [0.15, 0.2) is 0 Å². The van der Waals surface area contributed by atoms with Gasteiger partial charge in [0.1, 0.15) is 6.04 Å². The fourth-order valence-electron chi connectivity index (χ4n) is 3.27. The monoisotopic (exact) mass is 297 g/mol. The Kier molecular flexibility index (Phi) is 5.58. The number of ether oxygens (including phenoxy) is 1. The zero-order valence-electron chi connectivity index (χ0n) is 13.0. The summed E-state index contributed by atoms with van der Waals surface area (Å²) in [5.41, 5.74) is 5.93. The molecular weight excluding hydrogens is 270 g/mol. The van der Waals surface area contributed by atoms with Gasteiger partial charge in [-0.15, -0.1) is 0 Å². The molecule has 0 aromatic carbocycles. The van der Waals surface area contributed by atoms with Gasteiger partial charge in [0.25, 0.3) is 0 Å². The van der Waals surface area contributed by atoms with Crippen molar-refractivity contribution < 1.29 is 14.3 Å². The topological polar surface area (TPSA) is 84.7 Å². The third-order valence-electron chi connectivity index (χ3n) is 4.60. The number of hydrogen-bond donors (Lipinski definition) is 2. The van der Waals surface area contributed by atoms with Crippen LogP contribution in [-0.2, 0) is 14.3 Å². The minimum absolute atomic E-state index is 0.0106. The molecule has 2 fully saturated rings. The maximum Gasteiger partial charge on any atom is 0.245 e. The Morgan fingerprint density at radius 1 is 1.29 bits per heavy atom. The molecule has 2 aliphatic rings. The molecule has 4 unspecified atom stereocenters. The van der Waals surface area contributed by atoms with Crippen molar-refractivity contribution in [2.24, 2.45) is 17.6 Å². The molecule has 0 spiro atoms. The average molecular weight is 297 g/mol. The van der Waals surface area contributed by atoms with E-state index in [0.29, 0.717) is 26.3 Å². The molecule has 1 saturated heterocycles. The fraction of sp³-hybridized carbons (Fsp3) is 0.867. The summed E-state index contributed by atoms with van der Waals surface area (Å²) in [6.07, 6.45) is 2.57. The summed E-state index contributed by atoms with van der Waals surface area (Å²) in [6, 6.07) is -0.269. The van der Waals surface area contributed by atoms with Gasteiger partial charge in [0.15, 0.2) is 0 Å². The molecule has 0 radical (unpaired) electrons. The molecule has 21 heavy (non-hydrogen) atoms. The molecule has 2 amide bonds. The van der Waals surface area contributed by atoms with Gasteiger partial charge < -0.3 is 20.7 Å². The first-order valence-corrected chi connectivity index (χ1v) is 7.91. The highest BCUT2D eigenvalue weighted by Gasteiger charge is 2.33. The maximum atomic E-state index is 12.4. The lowest BCUT2D eigenvalue weighted by Crippen LogP contribution is -2.52. The van der Waals surface area contributed by atoms with E-state index < -0.39 is 6.04 Å². The molecule has 3 N–H and O–H groups in total. The Morgan fingerprint density at radius 2 is 1.95 bits per heavy atom. The summed E-state index contributed by atoms with van der Waals surface area (Å²) in [4.78, 5) is 26.4. The van der Waals surface area contributed by atoms with E-state index in [4.69, 9.17) is 10.5 Å². The van der Waals surface area contributed by atoms with Gasteiger partial charge in [0.2, 0.25) is 11.8 Å². The van der Waals surface area contributed by atoms with E-state index in [1.54, 1.807) is 11.8 Å². The van der Waals surface area contributed by atoms with Crippen molar-refractivity contribution in [1.29, 1.82) is 0 Å². The Hall–Kier alpha value is -1.14. The van der Waals surface area contributed by atoms with Gasteiger partial charge in [0.05, 0.1) is 13.2 Å². The van der Waals surface area contributed by atoms with Crippen LogP contribution in [0.4, 0.5) is 0 Å². The average Bonchev–Trinajstić information content (AvgIpc) is 2.47. The van der Waals surface area contributed by atoms with Crippen molar-refractivity contribution in [1.82, 2.24) is 10.2 Å². The minimum atomic E-state index is -0.474. The molecular formula is C15H27N3O3. The van der Waals surface area contributed by atoms with Gasteiger partial charge in [-0.1, -0.05) is 6.92 Å². The molecule has 1 saturated carbocycles. The number of carbonyl (C=O) groups is 2. The highest BCUT2D eigenvalue weighted by atomic mass is 16.5. The molecule has 1 aliphatic carbocycles. The van der Waals surface area contributed by atoms with Crippen LogP contribution in [0.2, 0.25) is 0 Å². The van der Waals surface area contributed by atoms with Gasteiger partial charge in [-0.2, -0.15) is 0 Å². The standard InChI is InChI=1S/C15H27N3O3/c1-10-9-12(16)3-4-13(10)14(19)17-11(2)15(20)18-5-7-21-8-6-18/h10-13H,3-9,16H2,1-2H3,(H,17,19). The minimum Gasteiger partial charge on any atom is -0.378 e. The van der Waals surface area contributed by atoms with Crippen molar-refractivity contribution in [3.8, 4) is 0 Å². The molecule has 6 heteroatoms. The quantitative estimate of drug-likeness (QED) is 0.774. The van der Waals surface area contributed by atoms with Crippen LogP contribution in [0.1, 0.15) is 33.1 Å². The van der Waals surface area contributed by atoms with Gasteiger partial charge >= 0.3 is 0 Å². The van der Waals surface area contributed by atoms with Crippen LogP contribution in [0.3, 0.4) is 0 Å². The first-order chi connectivity index (χ1) is 9.99. The van der Waals surface area contributed by atoms with Crippen molar-refractivity contribution in [3.05, 3.63) is 0 Å². The van der Waals surface area contributed by atoms with Crippen molar-refractivity contribution in [2.75, 3.05) is 26.3 Å². The van der Waals surface area contributed by atoms with Gasteiger partial charge in [-0.05, 0) is 32.1 Å².